The van der Waals surface area contributed by atoms with E-state index in [4.69, 9.17) is 0 Å². The van der Waals surface area contributed by atoms with E-state index >= 15 is 0 Å². The molecule has 3 heterocycles. The Morgan fingerprint density at radius 3 is 3.06 bits per heavy atom. The fraction of sp³-hybridized carbons (Fsp3) is 0.462. The lowest BCUT2D eigenvalue weighted by Crippen LogP contribution is -2.31. The Bertz CT molecular complexity index is 534. The van der Waals surface area contributed by atoms with Crippen molar-refractivity contribution in [2.75, 3.05) is 13.6 Å². The molecule has 3 rings (SSSR count). The van der Waals surface area contributed by atoms with E-state index in [0.717, 1.165) is 15.9 Å². The summed E-state index contributed by atoms with van der Waals surface area (Å²) >= 11 is 3.62. The number of imidazole rings is 1. The summed E-state index contributed by atoms with van der Waals surface area (Å²) in [6.07, 6.45) is 5.77. The van der Waals surface area contributed by atoms with E-state index in [0.29, 0.717) is 6.04 Å². The summed E-state index contributed by atoms with van der Waals surface area (Å²) in [6.45, 7) is 1.17. The van der Waals surface area contributed by atoms with Gasteiger partial charge in [-0.2, -0.15) is 0 Å². The highest BCUT2D eigenvalue weighted by Gasteiger charge is 2.24. The minimum Gasteiger partial charge on any atom is -0.297 e. The van der Waals surface area contributed by atoms with E-state index in [1.54, 1.807) is 0 Å². The van der Waals surface area contributed by atoms with Gasteiger partial charge >= 0.3 is 0 Å². The first-order valence-corrected chi connectivity index (χ1v) is 6.89. The number of hydrogen-bond acceptors (Lipinski definition) is 2. The van der Waals surface area contributed by atoms with Crippen molar-refractivity contribution in [1.82, 2.24) is 14.3 Å². The topological polar surface area (TPSA) is 20.5 Å². The van der Waals surface area contributed by atoms with Gasteiger partial charge in [-0.15, -0.1) is 0 Å². The highest BCUT2D eigenvalue weighted by Crippen LogP contribution is 2.30. The molecule has 1 aliphatic heterocycles. The number of fused-ring (bicyclic) bond motifs is 1. The van der Waals surface area contributed by atoms with Crippen molar-refractivity contribution in [3.8, 4) is 0 Å². The summed E-state index contributed by atoms with van der Waals surface area (Å²) < 4.78 is 3.30. The van der Waals surface area contributed by atoms with Crippen LogP contribution in [0.25, 0.3) is 5.52 Å². The van der Waals surface area contributed by atoms with Crippen LogP contribution >= 0.6 is 15.9 Å². The number of hydrogen-bond donors (Lipinski definition) is 0. The van der Waals surface area contributed by atoms with Gasteiger partial charge < -0.3 is 0 Å². The standard InChI is InChI=1S/C13H16BrN3/c1-16-8-3-2-6-11(16)13-15-9-10-5-4-7-12(14)17(10)13/h4-5,7,9,11H,2-3,6,8H2,1H3. The van der Waals surface area contributed by atoms with E-state index in [1.165, 1.54) is 25.8 Å². The van der Waals surface area contributed by atoms with E-state index in [-0.39, 0.29) is 0 Å². The monoisotopic (exact) mass is 293 g/mol. The molecule has 90 valence electrons. The molecule has 1 atom stereocenters. The molecule has 2 aromatic rings. The molecule has 3 nitrogen and oxygen atoms in total. The predicted octanol–water partition coefficient (Wildman–Crippen LogP) is 3.25. The van der Waals surface area contributed by atoms with Gasteiger partial charge in [-0.3, -0.25) is 9.30 Å². The van der Waals surface area contributed by atoms with Crippen LogP contribution in [0, 0.1) is 0 Å². The van der Waals surface area contributed by atoms with Crippen molar-refractivity contribution in [3.63, 3.8) is 0 Å². The number of rotatable bonds is 1. The van der Waals surface area contributed by atoms with E-state index < -0.39 is 0 Å². The van der Waals surface area contributed by atoms with Crippen molar-refractivity contribution in [2.45, 2.75) is 25.3 Å². The molecule has 0 spiro atoms. The molecule has 1 saturated heterocycles. The van der Waals surface area contributed by atoms with Gasteiger partial charge in [0.25, 0.3) is 0 Å². The van der Waals surface area contributed by atoms with Crippen LogP contribution in [0.15, 0.2) is 29.0 Å². The maximum atomic E-state index is 4.62. The quantitative estimate of drug-likeness (QED) is 0.753. The lowest BCUT2D eigenvalue weighted by Gasteiger charge is -2.31. The Kier molecular flexibility index (Phi) is 2.92. The zero-order chi connectivity index (χ0) is 11.8. The number of pyridine rings is 1. The van der Waals surface area contributed by atoms with Gasteiger partial charge in [0.15, 0.2) is 0 Å². The molecule has 0 saturated carbocycles. The predicted molar refractivity (Wildman–Crippen MR) is 72.1 cm³/mol. The largest absolute Gasteiger partial charge is 0.297 e. The molecule has 0 aromatic carbocycles. The SMILES string of the molecule is CN1CCCCC1c1ncc2cccc(Br)n12. The molecule has 4 heteroatoms. The molecule has 0 bridgehead atoms. The summed E-state index contributed by atoms with van der Waals surface area (Å²) in [4.78, 5) is 7.04. The van der Waals surface area contributed by atoms with Crippen LogP contribution in [0.5, 0.6) is 0 Å². The molecule has 0 aliphatic carbocycles. The summed E-state index contributed by atoms with van der Waals surface area (Å²) in [5.41, 5.74) is 1.16. The van der Waals surface area contributed by atoms with Gasteiger partial charge in [0, 0.05) is 0 Å². The first-order valence-electron chi connectivity index (χ1n) is 6.09. The Labute approximate surface area is 110 Å². The molecular weight excluding hydrogens is 278 g/mol. The average Bonchev–Trinajstić information content (AvgIpc) is 2.75. The van der Waals surface area contributed by atoms with Gasteiger partial charge in [-0.05, 0) is 54.5 Å². The van der Waals surface area contributed by atoms with E-state index in [2.05, 4.69) is 55.5 Å². The Hall–Kier alpha value is -0.870. The number of nitrogens with zero attached hydrogens (tertiary/aromatic N) is 3. The molecule has 1 fully saturated rings. The van der Waals surface area contributed by atoms with Gasteiger partial charge in [0.2, 0.25) is 0 Å². The van der Waals surface area contributed by atoms with Crippen LogP contribution in [-0.2, 0) is 0 Å². The summed E-state index contributed by atoms with van der Waals surface area (Å²) in [5, 5.41) is 0. The van der Waals surface area contributed by atoms with Crippen molar-refractivity contribution in [1.29, 1.82) is 0 Å². The normalized spacial score (nSPS) is 22.1. The Balaban J connectivity index is 2.10. The van der Waals surface area contributed by atoms with Crippen LogP contribution in [0.1, 0.15) is 31.1 Å². The average molecular weight is 294 g/mol. The van der Waals surface area contributed by atoms with Crippen LogP contribution in [0.4, 0.5) is 0 Å². The molecule has 1 unspecified atom stereocenters. The second kappa shape index (κ2) is 4.42. The zero-order valence-corrected chi connectivity index (χ0v) is 11.5. The van der Waals surface area contributed by atoms with Crippen molar-refractivity contribution in [3.05, 3.63) is 34.8 Å². The summed E-state index contributed by atoms with van der Waals surface area (Å²) in [6, 6.07) is 6.67. The van der Waals surface area contributed by atoms with Crippen molar-refractivity contribution >= 4 is 21.4 Å². The maximum absolute atomic E-state index is 4.62. The number of likely N-dealkylation sites (tertiary alicyclic amines) is 1. The lowest BCUT2D eigenvalue weighted by atomic mass is 10.0. The van der Waals surface area contributed by atoms with Crippen LogP contribution in [0.3, 0.4) is 0 Å². The van der Waals surface area contributed by atoms with Gasteiger partial charge in [0.1, 0.15) is 5.82 Å². The molecule has 0 amide bonds. The zero-order valence-electron chi connectivity index (χ0n) is 9.93. The molecule has 0 radical (unpaired) electrons. The lowest BCUT2D eigenvalue weighted by molar-refractivity contribution is 0.179. The van der Waals surface area contributed by atoms with Gasteiger partial charge in [0.05, 0.1) is 22.4 Å². The van der Waals surface area contributed by atoms with Crippen molar-refractivity contribution in [2.24, 2.45) is 0 Å². The molecule has 1 aliphatic rings. The van der Waals surface area contributed by atoms with E-state index in [9.17, 15) is 0 Å². The molecule has 0 N–H and O–H groups in total. The summed E-state index contributed by atoms with van der Waals surface area (Å²) in [7, 11) is 2.20. The Morgan fingerprint density at radius 1 is 1.35 bits per heavy atom. The minimum absolute atomic E-state index is 0.449. The highest BCUT2D eigenvalue weighted by atomic mass is 79.9. The van der Waals surface area contributed by atoms with Crippen LogP contribution in [0.2, 0.25) is 0 Å². The van der Waals surface area contributed by atoms with Gasteiger partial charge in [-0.1, -0.05) is 12.5 Å². The third-order valence-electron chi connectivity index (χ3n) is 3.60. The third-order valence-corrected chi connectivity index (χ3v) is 4.22. The first kappa shape index (κ1) is 11.2. The molecular formula is C13H16BrN3. The Morgan fingerprint density at radius 2 is 2.24 bits per heavy atom. The van der Waals surface area contributed by atoms with Gasteiger partial charge in [-0.25, -0.2) is 4.98 Å². The maximum Gasteiger partial charge on any atom is 0.131 e. The first-order chi connectivity index (χ1) is 8.27. The third kappa shape index (κ3) is 1.89. The number of aromatic nitrogens is 2. The number of halogens is 1. The highest BCUT2D eigenvalue weighted by molar-refractivity contribution is 9.10. The second-order valence-corrected chi connectivity index (χ2v) is 5.53. The smallest absolute Gasteiger partial charge is 0.131 e. The minimum atomic E-state index is 0.449. The fourth-order valence-electron chi connectivity index (χ4n) is 2.67. The number of piperidine rings is 1. The fourth-order valence-corrected chi connectivity index (χ4v) is 3.21. The molecule has 17 heavy (non-hydrogen) atoms. The second-order valence-electron chi connectivity index (χ2n) is 4.72. The van der Waals surface area contributed by atoms with Crippen LogP contribution in [-0.4, -0.2) is 27.9 Å². The molecule has 2 aromatic heterocycles. The van der Waals surface area contributed by atoms with E-state index in [1.807, 2.05) is 6.20 Å². The summed E-state index contributed by atoms with van der Waals surface area (Å²) in [5.74, 6) is 1.16. The van der Waals surface area contributed by atoms with Crippen molar-refractivity contribution < 1.29 is 0 Å². The van der Waals surface area contributed by atoms with Crippen LogP contribution < -0.4 is 0 Å².